The van der Waals surface area contributed by atoms with E-state index in [0.717, 1.165) is 21.3 Å². The summed E-state index contributed by atoms with van der Waals surface area (Å²) in [5.74, 6) is 0. The van der Waals surface area contributed by atoms with E-state index in [9.17, 15) is 10.1 Å². The topological polar surface area (TPSA) is 80.4 Å². The molecule has 0 spiro atoms. The minimum atomic E-state index is -0.422. The van der Waals surface area contributed by atoms with Gasteiger partial charge in [0.05, 0.1) is 16.8 Å². The van der Waals surface area contributed by atoms with Gasteiger partial charge in [-0.2, -0.15) is 5.10 Å². The summed E-state index contributed by atoms with van der Waals surface area (Å²) < 4.78 is 1.01. The number of hydrogen-bond donors (Lipinski definition) is 1. The van der Waals surface area contributed by atoms with Crippen molar-refractivity contribution in [2.75, 3.05) is 5.43 Å². The van der Waals surface area contributed by atoms with Crippen molar-refractivity contribution in [1.29, 1.82) is 0 Å². The number of thiazole rings is 1. The Labute approximate surface area is 150 Å². The molecular formula is C16H11BrN4O2S. The average molecular weight is 403 g/mol. The van der Waals surface area contributed by atoms with Gasteiger partial charge in [-0.05, 0) is 29.8 Å². The van der Waals surface area contributed by atoms with Crippen LogP contribution in [-0.2, 0) is 0 Å². The lowest BCUT2D eigenvalue weighted by Crippen LogP contribution is -1.90. The predicted octanol–water partition coefficient (Wildman–Crippen LogP) is 4.93. The maximum atomic E-state index is 10.7. The molecule has 120 valence electrons. The van der Waals surface area contributed by atoms with Crippen LogP contribution in [0.15, 0.2) is 63.5 Å². The third kappa shape index (κ3) is 4.03. The first-order valence-corrected chi connectivity index (χ1v) is 8.54. The lowest BCUT2D eigenvalue weighted by Gasteiger charge is -1.97. The summed E-state index contributed by atoms with van der Waals surface area (Å²) >= 11 is 4.80. The molecule has 3 rings (SSSR count). The summed E-state index contributed by atoms with van der Waals surface area (Å²) in [5.41, 5.74) is 5.48. The molecule has 8 heteroatoms. The van der Waals surface area contributed by atoms with Crippen LogP contribution in [0.5, 0.6) is 0 Å². The molecule has 0 saturated heterocycles. The first kappa shape index (κ1) is 16.3. The fourth-order valence-electron chi connectivity index (χ4n) is 1.92. The third-order valence-corrected chi connectivity index (χ3v) is 4.40. The number of benzene rings is 2. The number of hydrogen-bond acceptors (Lipinski definition) is 6. The van der Waals surface area contributed by atoms with E-state index in [-0.39, 0.29) is 5.69 Å². The summed E-state index contributed by atoms with van der Waals surface area (Å²) in [5, 5.41) is 17.3. The molecule has 0 unspecified atom stereocenters. The highest BCUT2D eigenvalue weighted by Gasteiger charge is 2.07. The molecule has 2 aromatic carbocycles. The van der Waals surface area contributed by atoms with Crippen molar-refractivity contribution in [3.8, 4) is 11.3 Å². The second-order valence-electron chi connectivity index (χ2n) is 4.76. The number of nitro groups is 1. The van der Waals surface area contributed by atoms with Gasteiger partial charge in [0.1, 0.15) is 0 Å². The zero-order chi connectivity index (χ0) is 16.9. The standard InChI is InChI=1S/C16H11BrN4O2S/c17-13-5-1-11(2-6-13)9-18-20-16-19-15(10-24-16)12-3-7-14(8-4-12)21(22)23/h1-10H,(H,19,20)/b18-9-. The highest BCUT2D eigenvalue weighted by Crippen LogP contribution is 2.26. The van der Waals surface area contributed by atoms with Crippen LogP contribution in [0, 0.1) is 10.1 Å². The number of halogens is 1. The maximum Gasteiger partial charge on any atom is 0.269 e. The average Bonchev–Trinajstić information content (AvgIpc) is 3.06. The molecule has 0 atom stereocenters. The van der Waals surface area contributed by atoms with Crippen LogP contribution in [0.3, 0.4) is 0 Å². The normalized spacial score (nSPS) is 10.9. The molecule has 24 heavy (non-hydrogen) atoms. The molecule has 0 amide bonds. The van der Waals surface area contributed by atoms with Crippen LogP contribution in [-0.4, -0.2) is 16.1 Å². The molecule has 0 radical (unpaired) electrons. The van der Waals surface area contributed by atoms with Crippen molar-refractivity contribution in [3.63, 3.8) is 0 Å². The van der Waals surface area contributed by atoms with Crippen LogP contribution in [0.4, 0.5) is 10.8 Å². The molecular weight excluding hydrogens is 392 g/mol. The molecule has 0 aliphatic carbocycles. The van der Waals surface area contributed by atoms with Gasteiger partial charge in [0.2, 0.25) is 5.13 Å². The summed E-state index contributed by atoms with van der Waals surface area (Å²) in [4.78, 5) is 14.7. The van der Waals surface area contributed by atoms with E-state index in [2.05, 4.69) is 31.4 Å². The molecule has 0 aliphatic rings. The summed E-state index contributed by atoms with van der Waals surface area (Å²) in [6.07, 6.45) is 1.71. The van der Waals surface area contributed by atoms with Crippen LogP contribution in [0.2, 0.25) is 0 Å². The molecule has 0 aliphatic heterocycles. The monoisotopic (exact) mass is 402 g/mol. The second kappa shape index (κ2) is 7.33. The maximum absolute atomic E-state index is 10.7. The zero-order valence-corrected chi connectivity index (χ0v) is 14.6. The van der Waals surface area contributed by atoms with Crippen molar-refractivity contribution in [1.82, 2.24) is 4.98 Å². The van der Waals surface area contributed by atoms with E-state index >= 15 is 0 Å². The Kier molecular flexibility index (Phi) is 4.97. The molecule has 3 aromatic rings. The van der Waals surface area contributed by atoms with Gasteiger partial charge in [-0.25, -0.2) is 4.98 Å². The van der Waals surface area contributed by atoms with Crippen molar-refractivity contribution < 1.29 is 4.92 Å². The van der Waals surface area contributed by atoms with E-state index in [1.165, 1.54) is 23.5 Å². The summed E-state index contributed by atoms with van der Waals surface area (Å²) in [7, 11) is 0. The number of rotatable bonds is 5. The van der Waals surface area contributed by atoms with E-state index in [4.69, 9.17) is 0 Å². The Bertz CT molecular complexity index is 876. The lowest BCUT2D eigenvalue weighted by molar-refractivity contribution is -0.384. The van der Waals surface area contributed by atoms with Gasteiger partial charge in [-0.15, -0.1) is 11.3 Å². The fraction of sp³-hybridized carbons (Fsp3) is 0. The Morgan fingerprint density at radius 2 is 1.88 bits per heavy atom. The molecule has 0 bridgehead atoms. The Morgan fingerprint density at radius 1 is 1.17 bits per heavy atom. The van der Waals surface area contributed by atoms with Crippen LogP contribution in [0.25, 0.3) is 11.3 Å². The second-order valence-corrected chi connectivity index (χ2v) is 6.54. The van der Waals surface area contributed by atoms with E-state index < -0.39 is 4.92 Å². The van der Waals surface area contributed by atoms with Gasteiger partial charge < -0.3 is 0 Å². The minimum Gasteiger partial charge on any atom is -0.258 e. The minimum absolute atomic E-state index is 0.0615. The third-order valence-electron chi connectivity index (χ3n) is 3.12. The number of nitro benzene ring substituents is 1. The van der Waals surface area contributed by atoms with Crippen molar-refractivity contribution in [3.05, 3.63) is 74.1 Å². The highest BCUT2D eigenvalue weighted by molar-refractivity contribution is 9.10. The molecule has 6 nitrogen and oxygen atoms in total. The van der Waals surface area contributed by atoms with Gasteiger partial charge >= 0.3 is 0 Å². The van der Waals surface area contributed by atoms with Crippen LogP contribution < -0.4 is 5.43 Å². The molecule has 0 saturated carbocycles. The number of nitrogens with one attached hydrogen (secondary N) is 1. The molecule has 0 fully saturated rings. The van der Waals surface area contributed by atoms with Crippen LogP contribution >= 0.6 is 27.3 Å². The van der Waals surface area contributed by atoms with Gasteiger partial charge in [0.25, 0.3) is 5.69 Å². The Balaban J connectivity index is 1.67. The van der Waals surface area contributed by atoms with Crippen molar-refractivity contribution >= 4 is 44.3 Å². The van der Waals surface area contributed by atoms with Gasteiger partial charge in [0.15, 0.2) is 0 Å². The van der Waals surface area contributed by atoms with Crippen molar-refractivity contribution in [2.24, 2.45) is 5.10 Å². The largest absolute Gasteiger partial charge is 0.269 e. The Morgan fingerprint density at radius 3 is 2.54 bits per heavy atom. The van der Waals surface area contributed by atoms with Gasteiger partial charge in [0, 0.05) is 27.5 Å². The quantitative estimate of drug-likeness (QED) is 0.372. The fourth-order valence-corrected chi connectivity index (χ4v) is 2.86. The zero-order valence-electron chi connectivity index (χ0n) is 12.2. The first-order valence-electron chi connectivity index (χ1n) is 6.87. The van der Waals surface area contributed by atoms with E-state index in [1.807, 2.05) is 29.6 Å². The number of non-ortho nitro benzene ring substituents is 1. The highest BCUT2D eigenvalue weighted by atomic mass is 79.9. The summed E-state index contributed by atoms with van der Waals surface area (Å²) in [6, 6.07) is 14.1. The Hall–Kier alpha value is -2.58. The first-order chi connectivity index (χ1) is 11.6. The molecule has 1 aromatic heterocycles. The number of anilines is 1. The van der Waals surface area contributed by atoms with Crippen molar-refractivity contribution in [2.45, 2.75) is 0 Å². The van der Waals surface area contributed by atoms with E-state index in [1.54, 1.807) is 18.3 Å². The number of hydrazone groups is 1. The smallest absolute Gasteiger partial charge is 0.258 e. The van der Waals surface area contributed by atoms with E-state index in [0.29, 0.717) is 5.13 Å². The number of aromatic nitrogens is 1. The molecule has 1 heterocycles. The molecule has 1 N–H and O–H groups in total. The van der Waals surface area contributed by atoms with Crippen LogP contribution in [0.1, 0.15) is 5.56 Å². The predicted molar refractivity (Wildman–Crippen MR) is 99.6 cm³/mol. The summed E-state index contributed by atoms with van der Waals surface area (Å²) in [6.45, 7) is 0. The number of nitrogens with zero attached hydrogens (tertiary/aromatic N) is 3. The van der Waals surface area contributed by atoms with Gasteiger partial charge in [-0.1, -0.05) is 28.1 Å². The SMILES string of the molecule is O=[N+]([O-])c1ccc(-c2csc(N/N=C\c3ccc(Br)cc3)n2)cc1. The lowest BCUT2D eigenvalue weighted by atomic mass is 10.1. The van der Waals surface area contributed by atoms with Gasteiger partial charge in [-0.3, -0.25) is 15.5 Å².